The molecule has 2 aliphatic heterocycles. The van der Waals surface area contributed by atoms with Crippen molar-refractivity contribution in [1.82, 2.24) is 20.2 Å². The number of likely N-dealkylation sites (tertiary alicyclic amines) is 1. The van der Waals surface area contributed by atoms with Gasteiger partial charge in [-0.25, -0.2) is 4.98 Å². The highest BCUT2D eigenvalue weighted by atomic mass is 16.2. The van der Waals surface area contributed by atoms with E-state index in [1.54, 1.807) is 29.2 Å². The average molecular weight is 403 g/mol. The fraction of sp³-hybridized carbons (Fsp3) is 0.273. The Kier molecular flexibility index (Phi) is 4.46. The van der Waals surface area contributed by atoms with Gasteiger partial charge in [-0.15, -0.1) is 0 Å². The Labute approximate surface area is 172 Å². The molecule has 0 aliphatic carbocycles. The van der Waals surface area contributed by atoms with Crippen LogP contribution >= 0.6 is 0 Å². The van der Waals surface area contributed by atoms with Gasteiger partial charge in [0.05, 0.1) is 34.7 Å². The first-order valence-electron chi connectivity index (χ1n) is 10.0. The maximum Gasteiger partial charge on any atom is 0.254 e. The number of rotatable bonds is 3. The van der Waals surface area contributed by atoms with Gasteiger partial charge in [-0.1, -0.05) is 24.3 Å². The Hall–Kier alpha value is -3.68. The predicted octanol–water partition coefficient (Wildman–Crippen LogP) is 2.37. The Morgan fingerprint density at radius 3 is 2.77 bits per heavy atom. The second-order valence-electron chi connectivity index (χ2n) is 7.65. The minimum absolute atomic E-state index is 0.0950. The third kappa shape index (κ3) is 3.20. The highest BCUT2D eigenvalue weighted by Crippen LogP contribution is 2.32. The number of aromatic nitrogens is 2. The molecular weight excluding hydrogens is 382 g/mol. The Morgan fingerprint density at radius 2 is 1.90 bits per heavy atom. The number of aromatic amines is 1. The van der Waals surface area contributed by atoms with E-state index in [0.29, 0.717) is 17.8 Å². The number of carbonyl (C=O) groups is 3. The molecule has 2 atom stereocenters. The monoisotopic (exact) mass is 403 g/mol. The third-order valence-electron chi connectivity index (χ3n) is 5.73. The van der Waals surface area contributed by atoms with Crippen molar-refractivity contribution in [2.45, 2.75) is 31.3 Å². The largest absolute Gasteiger partial charge is 0.340 e. The molecule has 1 aromatic heterocycles. The van der Waals surface area contributed by atoms with Crippen molar-refractivity contribution in [2.24, 2.45) is 0 Å². The molecule has 3 aromatic rings. The normalized spacial score (nSPS) is 21.1. The van der Waals surface area contributed by atoms with Crippen molar-refractivity contribution in [3.8, 4) is 0 Å². The van der Waals surface area contributed by atoms with Crippen molar-refractivity contribution in [1.29, 1.82) is 0 Å². The molecular formula is C22H21N5O3. The van der Waals surface area contributed by atoms with Crippen molar-refractivity contribution in [2.75, 3.05) is 11.9 Å². The number of para-hydroxylation sites is 3. The topological polar surface area (TPSA) is 107 Å². The van der Waals surface area contributed by atoms with E-state index in [4.69, 9.17) is 0 Å². The van der Waals surface area contributed by atoms with Crippen LogP contribution in [0, 0.1) is 0 Å². The molecule has 2 aliphatic rings. The van der Waals surface area contributed by atoms with E-state index in [-0.39, 0.29) is 30.2 Å². The molecule has 5 rings (SSSR count). The fourth-order valence-corrected chi connectivity index (χ4v) is 4.23. The van der Waals surface area contributed by atoms with Crippen LogP contribution in [0.15, 0.2) is 48.5 Å². The molecule has 0 unspecified atom stereocenters. The smallest absolute Gasteiger partial charge is 0.254 e. The van der Waals surface area contributed by atoms with E-state index in [2.05, 4.69) is 20.6 Å². The summed E-state index contributed by atoms with van der Waals surface area (Å²) in [6.45, 7) is 0.600. The maximum absolute atomic E-state index is 13.1. The number of H-pyrrole nitrogens is 1. The third-order valence-corrected chi connectivity index (χ3v) is 5.73. The first-order valence-corrected chi connectivity index (χ1v) is 10.0. The first kappa shape index (κ1) is 18.4. The lowest BCUT2D eigenvalue weighted by Gasteiger charge is -2.25. The van der Waals surface area contributed by atoms with E-state index < -0.39 is 6.04 Å². The SMILES string of the molecule is O=C1N[C@@H](CC(=O)N2CCC[C@H]2c2nc3ccccc3[nH]2)C(=O)Nc2ccccc21. The van der Waals surface area contributed by atoms with E-state index in [9.17, 15) is 14.4 Å². The second-order valence-corrected chi connectivity index (χ2v) is 7.65. The lowest BCUT2D eigenvalue weighted by molar-refractivity contribution is -0.134. The summed E-state index contributed by atoms with van der Waals surface area (Å²) >= 11 is 0. The number of benzene rings is 2. The fourth-order valence-electron chi connectivity index (χ4n) is 4.23. The molecule has 1 saturated heterocycles. The highest BCUT2D eigenvalue weighted by Gasteiger charge is 2.36. The zero-order valence-electron chi connectivity index (χ0n) is 16.2. The molecule has 8 nitrogen and oxygen atoms in total. The number of carbonyl (C=O) groups excluding carboxylic acids is 3. The molecule has 0 saturated carbocycles. The van der Waals surface area contributed by atoms with Crippen molar-refractivity contribution in [3.63, 3.8) is 0 Å². The summed E-state index contributed by atoms with van der Waals surface area (Å²) < 4.78 is 0. The number of hydrogen-bond donors (Lipinski definition) is 3. The van der Waals surface area contributed by atoms with Gasteiger partial charge in [0.2, 0.25) is 11.8 Å². The lowest BCUT2D eigenvalue weighted by Crippen LogP contribution is -2.45. The standard InChI is InChI=1S/C22H21N5O3/c28-19(12-17-22(30)25-14-7-2-1-6-13(14)21(29)26-17)27-11-5-10-18(27)20-23-15-8-3-4-9-16(15)24-20/h1-4,6-9,17-18H,5,10-12H2,(H,23,24)(H,25,30)(H,26,29)/t17-,18-/m0/s1. The zero-order valence-corrected chi connectivity index (χ0v) is 16.2. The maximum atomic E-state index is 13.1. The summed E-state index contributed by atoms with van der Waals surface area (Å²) in [6.07, 6.45) is 1.57. The van der Waals surface area contributed by atoms with Crippen LogP contribution in [0.25, 0.3) is 11.0 Å². The van der Waals surface area contributed by atoms with Crippen LogP contribution < -0.4 is 10.6 Å². The zero-order chi connectivity index (χ0) is 20.7. The van der Waals surface area contributed by atoms with E-state index in [1.165, 1.54) is 0 Å². The van der Waals surface area contributed by atoms with Gasteiger partial charge in [0.15, 0.2) is 0 Å². The predicted molar refractivity (Wildman–Crippen MR) is 111 cm³/mol. The Bertz CT molecular complexity index is 1120. The van der Waals surface area contributed by atoms with Gasteiger partial charge in [0.25, 0.3) is 5.91 Å². The molecule has 152 valence electrons. The number of nitrogens with zero attached hydrogens (tertiary/aromatic N) is 2. The van der Waals surface area contributed by atoms with Gasteiger partial charge in [-0.05, 0) is 37.1 Å². The molecule has 0 bridgehead atoms. The van der Waals surface area contributed by atoms with Crippen LogP contribution in [0.1, 0.15) is 41.5 Å². The van der Waals surface area contributed by atoms with Crippen molar-refractivity contribution in [3.05, 3.63) is 59.9 Å². The molecule has 3 amide bonds. The average Bonchev–Trinajstić information content (AvgIpc) is 3.37. The molecule has 8 heteroatoms. The van der Waals surface area contributed by atoms with E-state index in [0.717, 1.165) is 29.7 Å². The summed E-state index contributed by atoms with van der Waals surface area (Å²) in [6, 6.07) is 13.5. The molecule has 3 N–H and O–H groups in total. The summed E-state index contributed by atoms with van der Waals surface area (Å²) in [4.78, 5) is 47.9. The highest BCUT2D eigenvalue weighted by molar-refractivity contribution is 6.10. The minimum Gasteiger partial charge on any atom is -0.340 e. The summed E-state index contributed by atoms with van der Waals surface area (Å²) in [5.41, 5.74) is 2.64. The van der Waals surface area contributed by atoms with Crippen molar-refractivity contribution >= 4 is 34.4 Å². The van der Waals surface area contributed by atoms with Crippen LogP contribution in [0.5, 0.6) is 0 Å². The second kappa shape index (κ2) is 7.29. The van der Waals surface area contributed by atoms with Crippen LogP contribution in [0.4, 0.5) is 5.69 Å². The summed E-state index contributed by atoms with van der Waals surface area (Å²) in [5.74, 6) is -0.175. The molecule has 0 spiro atoms. The van der Waals surface area contributed by atoms with Crippen molar-refractivity contribution < 1.29 is 14.4 Å². The number of anilines is 1. The summed E-state index contributed by atoms with van der Waals surface area (Å²) in [5, 5.41) is 5.44. The van der Waals surface area contributed by atoms with Gasteiger partial charge in [-0.3, -0.25) is 14.4 Å². The van der Waals surface area contributed by atoms with Crippen LogP contribution in [0.2, 0.25) is 0 Å². The Balaban J connectivity index is 1.34. The summed E-state index contributed by atoms with van der Waals surface area (Å²) in [7, 11) is 0. The Morgan fingerprint density at radius 1 is 1.10 bits per heavy atom. The lowest BCUT2D eigenvalue weighted by atomic mass is 10.1. The van der Waals surface area contributed by atoms with Gasteiger partial charge < -0.3 is 20.5 Å². The molecule has 3 heterocycles. The molecule has 2 aromatic carbocycles. The first-order chi connectivity index (χ1) is 14.6. The number of nitrogens with one attached hydrogen (secondary N) is 3. The van der Waals surface area contributed by atoms with Gasteiger partial charge in [0, 0.05) is 6.54 Å². The number of fused-ring (bicyclic) bond motifs is 2. The molecule has 1 fully saturated rings. The van der Waals surface area contributed by atoms with Gasteiger partial charge in [0.1, 0.15) is 11.9 Å². The van der Waals surface area contributed by atoms with Crippen LogP contribution in [-0.4, -0.2) is 45.2 Å². The number of imidazole rings is 1. The quantitative estimate of drug-likeness (QED) is 0.624. The molecule has 0 radical (unpaired) electrons. The number of amides is 3. The van der Waals surface area contributed by atoms with Crippen LogP contribution in [0.3, 0.4) is 0 Å². The van der Waals surface area contributed by atoms with Crippen LogP contribution in [-0.2, 0) is 9.59 Å². The number of hydrogen-bond acceptors (Lipinski definition) is 4. The van der Waals surface area contributed by atoms with E-state index in [1.807, 2.05) is 24.3 Å². The molecule has 30 heavy (non-hydrogen) atoms. The van der Waals surface area contributed by atoms with E-state index >= 15 is 0 Å². The minimum atomic E-state index is -0.922. The van der Waals surface area contributed by atoms with Gasteiger partial charge >= 0.3 is 0 Å². The van der Waals surface area contributed by atoms with Gasteiger partial charge in [-0.2, -0.15) is 0 Å².